The largest absolute Gasteiger partial charge is 0.384 e. The third-order valence-corrected chi connectivity index (χ3v) is 3.17. The van der Waals surface area contributed by atoms with Crippen LogP contribution in [0.3, 0.4) is 0 Å². The van der Waals surface area contributed by atoms with Gasteiger partial charge in [0, 0.05) is 30.4 Å². The summed E-state index contributed by atoms with van der Waals surface area (Å²) < 4.78 is 1.75. The lowest BCUT2D eigenvalue weighted by Gasteiger charge is -2.00. The van der Waals surface area contributed by atoms with Crippen LogP contribution in [0.25, 0.3) is 11.0 Å². The molecule has 3 heterocycles. The first-order valence-corrected chi connectivity index (χ1v) is 5.98. The van der Waals surface area contributed by atoms with Crippen LogP contribution in [0.5, 0.6) is 0 Å². The number of aromatic nitrogens is 3. The number of anilines is 1. The van der Waals surface area contributed by atoms with Crippen molar-refractivity contribution in [2.24, 2.45) is 0 Å². The molecule has 0 unspecified atom stereocenters. The summed E-state index contributed by atoms with van der Waals surface area (Å²) in [6.45, 7) is 0. The number of pyridine rings is 2. The normalized spacial score (nSPS) is 10.9. The van der Waals surface area contributed by atoms with E-state index >= 15 is 0 Å². The molecule has 0 aliphatic carbocycles. The van der Waals surface area contributed by atoms with Crippen molar-refractivity contribution in [3.63, 3.8) is 0 Å². The molecule has 4 nitrogen and oxygen atoms in total. The summed E-state index contributed by atoms with van der Waals surface area (Å²) in [4.78, 5) is 8.41. The molecule has 18 heavy (non-hydrogen) atoms. The van der Waals surface area contributed by atoms with Crippen molar-refractivity contribution in [3.8, 4) is 0 Å². The van der Waals surface area contributed by atoms with Gasteiger partial charge >= 0.3 is 0 Å². The van der Waals surface area contributed by atoms with Crippen LogP contribution in [-0.4, -0.2) is 13.9 Å². The van der Waals surface area contributed by atoms with E-state index in [9.17, 15) is 0 Å². The summed E-state index contributed by atoms with van der Waals surface area (Å²) in [6.07, 6.45) is 6.34. The van der Waals surface area contributed by atoms with Crippen molar-refractivity contribution in [1.82, 2.24) is 13.9 Å². The quantitative estimate of drug-likeness (QED) is 0.692. The number of rotatable bonds is 2. The number of nitrogen functional groups attached to an aromatic ring is 1. The molecule has 3 rings (SSSR count). The number of hydrogen-bond donors (Lipinski definition) is 2. The SMILES string of the molecule is Nc1ccc(Cc2cn(S)c3ncccc23)cn1. The average molecular weight is 256 g/mol. The van der Waals surface area contributed by atoms with Gasteiger partial charge in [0.25, 0.3) is 0 Å². The van der Waals surface area contributed by atoms with E-state index in [0.29, 0.717) is 5.82 Å². The number of nitrogens with zero attached hydrogens (tertiary/aromatic N) is 3. The Hall–Kier alpha value is -2.01. The van der Waals surface area contributed by atoms with Gasteiger partial charge in [0.2, 0.25) is 0 Å². The van der Waals surface area contributed by atoms with Crippen LogP contribution < -0.4 is 5.73 Å². The Morgan fingerprint density at radius 1 is 1.22 bits per heavy atom. The molecule has 3 aromatic heterocycles. The predicted octanol–water partition coefficient (Wildman–Crippen LogP) is 2.30. The zero-order valence-corrected chi connectivity index (χ0v) is 10.5. The topological polar surface area (TPSA) is 56.7 Å². The van der Waals surface area contributed by atoms with E-state index in [1.807, 2.05) is 24.4 Å². The maximum Gasteiger partial charge on any atom is 0.149 e. The highest BCUT2D eigenvalue weighted by molar-refractivity contribution is 7.78. The van der Waals surface area contributed by atoms with Crippen LogP contribution in [0.4, 0.5) is 5.82 Å². The zero-order chi connectivity index (χ0) is 12.5. The van der Waals surface area contributed by atoms with E-state index < -0.39 is 0 Å². The van der Waals surface area contributed by atoms with Crippen LogP contribution in [0.2, 0.25) is 0 Å². The van der Waals surface area contributed by atoms with Gasteiger partial charge in [-0.15, -0.1) is 0 Å². The molecule has 0 amide bonds. The molecule has 0 radical (unpaired) electrons. The highest BCUT2D eigenvalue weighted by Crippen LogP contribution is 2.22. The zero-order valence-electron chi connectivity index (χ0n) is 9.61. The van der Waals surface area contributed by atoms with E-state index in [1.165, 1.54) is 5.56 Å². The van der Waals surface area contributed by atoms with E-state index in [2.05, 4.69) is 28.8 Å². The van der Waals surface area contributed by atoms with Gasteiger partial charge in [-0.2, -0.15) is 0 Å². The molecule has 2 N–H and O–H groups in total. The molecule has 0 saturated carbocycles. The Labute approximate surface area is 110 Å². The van der Waals surface area contributed by atoms with E-state index in [0.717, 1.165) is 23.0 Å². The summed E-state index contributed by atoms with van der Waals surface area (Å²) in [5, 5.41) is 1.12. The van der Waals surface area contributed by atoms with Crippen LogP contribution in [0.1, 0.15) is 11.1 Å². The third-order valence-electron chi connectivity index (χ3n) is 2.87. The third kappa shape index (κ3) is 1.93. The fraction of sp³-hybridized carbons (Fsp3) is 0.0769. The lowest BCUT2D eigenvalue weighted by Crippen LogP contribution is -1.92. The molecule has 90 valence electrons. The lowest BCUT2D eigenvalue weighted by molar-refractivity contribution is 1.15. The number of hydrogen-bond acceptors (Lipinski definition) is 4. The van der Waals surface area contributed by atoms with Crippen molar-refractivity contribution in [2.45, 2.75) is 6.42 Å². The molecule has 0 bridgehead atoms. The summed E-state index contributed by atoms with van der Waals surface area (Å²) in [6, 6.07) is 7.78. The van der Waals surface area contributed by atoms with Gasteiger partial charge in [0.15, 0.2) is 0 Å². The predicted molar refractivity (Wildman–Crippen MR) is 75.6 cm³/mol. The molecule has 0 aromatic carbocycles. The summed E-state index contributed by atoms with van der Waals surface area (Å²) in [5.74, 6) is 0.539. The second-order valence-electron chi connectivity index (χ2n) is 4.14. The molecule has 0 aliphatic heterocycles. The second kappa shape index (κ2) is 4.34. The monoisotopic (exact) mass is 256 g/mol. The Morgan fingerprint density at radius 2 is 2.11 bits per heavy atom. The Bertz CT molecular complexity index is 688. The highest BCUT2D eigenvalue weighted by atomic mass is 32.1. The fourth-order valence-corrected chi connectivity index (χ4v) is 2.31. The number of nitrogens with two attached hydrogens (primary N) is 1. The van der Waals surface area contributed by atoms with Crippen LogP contribution >= 0.6 is 12.8 Å². The van der Waals surface area contributed by atoms with Gasteiger partial charge in [-0.25, -0.2) is 9.97 Å². The van der Waals surface area contributed by atoms with Crippen LogP contribution in [0.15, 0.2) is 42.9 Å². The first-order valence-electron chi connectivity index (χ1n) is 5.58. The van der Waals surface area contributed by atoms with Gasteiger partial charge in [-0.05, 0) is 29.3 Å². The maximum atomic E-state index is 5.58. The van der Waals surface area contributed by atoms with E-state index in [4.69, 9.17) is 5.73 Å². The molecular weight excluding hydrogens is 244 g/mol. The molecule has 0 saturated heterocycles. The molecule has 0 aliphatic rings. The molecule has 3 aromatic rings. The van der Waals surface area contributed by atoms with Gasteiger partial charge in [0.1, 0.15) is 11.5 Å². The summed E-state index contributed by atoms with van der Waals surface area (Å²) in [7, 11) is 0. The lowest BCUT2D eigenvalue weighted by atomic mass is 10.1. The van der Waals surface area contributed by atoms with Crippen molar-refractivity contribution in [3.05, 3.63) is 54.0 Å². The number of thiol groups is 1. The van der Waals surface area contributed by atoms with E-state index in [-0.39, 0.29) is 0 Å². The minimum atomic E-state index is 0.539. The molecule has 5 heteroatoms. The van der Waals surface area contributed by atoms with Gasteiger partial charge < -0.3 is 5.73 Å². The van der Waals surface area contributed by atoms with Gasteiger partial charge in [-0.1, -0.05) is 18.9 Å². The minimum Gasteiger partial charge on any atom is -0.384 e. The van der Waals surface area contributed by atoms with Crippen molar-refractivity contribution < 1.29 is 0 Å². The first-order chi connectivity index (χ1) is 8.74. The Morgan fingerprint density at radius 3 is 2.89 bits per heavy atom. The maximum absolute atomic E-state index is 5.58. The smallest absolute Gasteiger partial charge is 0.149 e. The average Bonchev–Trinajstić information content (AvgIpc) is 2.70. The molecule has 0 spiro atoms. The standard InChI is InChI=1S/C13H12N4S/c14-12-4-3-9(7-16-12)6-10-8-17(18)13-11(10)2-1-5-15-13/h1-5,7-8,18H,6H2,(H2,14,16). The van der Waals surface area contributed by atoms with Crippen molar-refractivity contribution in [2.75, 3.05) is 5.73 Å². The Kier molecular flexibility index (Phi) is 2.68. The van der Waals surface area contributed by atoms with Crippen LogP contribution in [0, 0.1) is 0 Å². The van der Waals surface area contributed by atoms with E-state index in [1.54, 1.807) is 16.4 Å². The summed E-state index contributed by atoms with van der Waals surface area (Å²) >= 11 is 4.37. The fourth-order valence-electron chi connectivity index (χ4n) is 2.01. The molecular formula is C13H12N4S. The van der Waals surface area contributed by atoms with Crippen molar-refractivity contribution >= 4 is 29.7 Å². The molecule has 0 fully saturated rings. The van der Waals surface area contributed by atoms with Crippen molar-refractivity contribution in [1.29, 1.82) is 0 Å². The van der Waals surface area contributed by atoms with Crippen LogP contribution in [-0.2, 0) is 6.42 Å². The minimum absolute atomic E-state index is 0.539. The highest BCUT2D eigenvalue weighted by Gasteiger charge is 2.08. The van der Waals surface area contributed by atoms with Gasteiger partial charge in [0.05, 0.1) is 0 Å². The molecule has 0 atom stereocenters. The second-order valence-corrected chi connectivity index (χ2v) is 4.57. The summed E-state index contributed by atoms with van der Waals surface area (Å²) in [5.41, 5.74) is 8.75. The number of fused-ring (bicyclic) bond motifs is 1. The first kappa shape index (κ1) is 11.1. The van der Waals surface area contributed by atoms with Gasteiger partial charge in [-0.3, -0.25) is 3.97 Å². The Balaban J connectivity index is 2.02.